The number of carbonyl (C=O) groups excluding carboxylic acids is 3. The predicted molar refractivity (Wildman–Crippen MR) is 127 cm³/mol. The quantitative estimate of drug-likeness (QED) is 0.301. The lowest BCUT2D eigenvalue weighted by Gasteiger charge is -2.10. The number of benzene rings is 3. The van der Waals surface area contributed by atoms with Gasteiger partial charge in [0.25, 0.3) is 11.8 Å². The number of rotatable bonds is 8. The SMILES string of the molecule is COC(=O)c1ccc(NC(=O)/C(C#N)=C/c2ccccc2OCC(=O)Nc2ccccc2)cc1. The van der Waals surface area contributed by atoms with Crippen LogP contribution in [-0.2, 0) is 14.3 Å². The van der Waals surface area contributed by atoms with Gasteiger partial charge >= 0.3 is 5.97 Å². The van der Waals surface area contributed by atoms with Gasteiger partial charge in [0.05, 0.1) is 12.7 Å². The third-order valence-electron chi connectivity index (χ3n) is 4.56. The molecular weight excluding hydrogens is 434 g/mol. The van der Waals surface area contributed by atoms with Gasteiger partial charge < -0.3 is 20.1 Å². The summed E-state index contributed by atoms with van der Waals surface area (Å²) >= 11 is 0. The van der Waals surface area contributed by atoms with Gasteiger partial charge in [-0.2, -0.15) is 5.26 Å². The predicted octanol–water partition coefficient (Wildman–Crippen LogP) is 4.04. The molecule has 0 aliphatic rings. The summed E-state index contributed by atoms with van der Waals surface area (Å²) in [7, 11) is 1.28. The highest BCUT2D eigenvalue weighted by molar-refractivity contribution is 6.10. The van der Waals surface area contributed by atoms with Crippen LogP contribution in [0.1, 0.15) is 15.9 Å². The van der Waals surface area contributed by atoms with Crippen LogP contribution in [0, 0.1) is 11.3 Å². The van der Waals surface area contributed by atoms with E-state index in [1.54, 1.807) is 48.5 Å². The zero-order chi connectivity index (χ0) is 24.3. The lowest BCUT2D eigenvalue weighted by atomic mass is 10.1. The molecule has 0 atom stereocenters. The van der Waals surface area contributed by atoms with Crippen molar-refractivity contribution in [2.45, 2.75) is 0 Å². The normalized spacial score (nSPS) is 10.5. The second-order valence-electron chi connectivity index (χ2n) is 6.93. The van der Waals surface area contributed by atoms with Gasteiger partial charge in [-0.15, -0.1) is 0 Å². The number of amides is 2. The van der Waals surface area contributed by atoms with Crippen LogP contribution in [0.5, 0.6) is 5.75 Å². The van der Waals surface area contributed by atoms with Gasteiger partial charge in [0, 0.05) is 16.9 Å². The topological polar surface area (TPSA) is 118 Å². The van der Waals surface area contributed by atoms with Crippen molar-refractivity contribution in [3.8, 4) is 11.8 Å². The summed E-state index contributed by atoms with van der Waals surface area (Å²) in [6.45, 7) is -0.250. The number of hydrogen-bond acceptors (Lipinski definition) is 6. The molecule has 3 rings (SSSR count). The molecular formula is C26H21N3O5. The van der Waals surface area contributed by atoms with Gasteiger partial charge in [0.15, 0.2) is 6.61 Å². The standard InChI is InChI=1S/C26H21N3O5/c1-33-26(32)18-11-13-22(14-12-18)29-25(31)20(16-27)15-19-7-5-6-10-23(19)34-17-24(30)28-21-8-3-2-4-9-21/h2-15H,17H2,1H3,(H,28,30)(H,29,31)/b20-15+. The van der Waals surface area contributed by atoms with Crippen molar-refractivity contribution in [3.05, 3.63) is 95.6 Å². The number of methoxy groups -OCH3 is 1. The molecule has 0 radical (unpaired) electrons. The van der Waals surface area contributed by atoms with Crippen LogP contribution in [0.25, 0.3) is 6.08 Å². The molecule has 0 aliphatic heterocycles. The van der Waals surface area contributed by atoms with Crippen molar-refractivity contribution in [3.63, 3.8) is 0 Å². The molecule has 0 bridgehead atoms. The van der Waals surface area contributed by atoms with E-state index in [0.29, 0.717) is 28.3 Å². The Labute approximate surface area is 196 Å². The van der Waals surface area contributed by atoms with Crippen LogP contribution >= 0.6 is 0 Å². The third-order valence-corrected chi connectivity index (χ3v) is 4.56. The first-order valence-electron chi connectivity index (χ1n) is 10.2. The number of hydrogen-bond donors (Lipinski definition) is 2. The first-order valence-corrected chi connectivity index (χ1v) is 10.2. The van der Waals surface area contributed by atoms with Crippen molar-refractivity contribution in [2.75, 3.05) is 24.4 Å². The molecule has 0 fully saturated rings. The van der Waals surface area contributed by atoms with Gasteiger partial charge in [0.2, 0.25) is 0 Å². The van der Waals surface area contributed by atoms with Gasteiger partial charge in [0.1, 0.15) is 17.4 Å². The molecule has 0 saturated heterocycles. The van der Waals surface area contributed by atoms with Crippen LogP contribution in [0.2, 0.25) is 0 Å². The molecule has 0 aromatic heterocycles. The number of nitriles is 1. The maximum absolute atomic E-state index is 12.6. The van der Waals surface area contributed by atoms with Crippen molar-refractivity contribution >= 4 is 35.2 Å². The van der Waals surface area contributed by atoms with Crippen LogP contribution in [0.3, 0.4) is 0 Å². The van der Waals surface area contributed by atoms with E-state index in [2.05, 4.69) is 15.4 Å². The van der Waals surface area contributed by atoms with Gasteiger partial charge in [-0.1, -0.05) is 36.4 Å². The molecule has 0 unspecified atom stereocenters. The number of carbonyl (C=O) groups is 3. The maximum atomic E-state index is 12.6. The number of nitrogens with one attached hydrogen (secondary N) is 2. The zero-order valence-corrected chi connectivity index (χ0v) is 18.3. The van der Waals surface area contributed by atoms with Gasteiger partial charge in [-0.3, -0.25) is 9.59 Å². The Morgan fingerprint density at radius 2 is 1.53 bits per heavy atom. The molecule has 3 aromatic carbocycles. The number of para-hydroxylation sites is 2. The first kappa shape index (κ1) is 23.8. The lowest BCUT2D eigenvalue weighted by Crippen LogP contribution is -2.20. The smallest absolute Gasteiger partial charge is 0.337 e. The van der Waals surface area contributed by atoms with Crippen molar-refractivity contribution in [2.24, 2.45) is 0 Å². The number of ether oxygens (including phenoxy) is 2. The summed E-state index contributed by atoms with van der Waals surface area (Å²) in [6, 6.07) is 23.7. The minimum atomic E-state index is -0.634. The Morgan fingerprint density at radius 3 is 2.21 bits per heavy atom. The highest BCUT2D eigenvalue weighted by Crippen LogP contribution is 2.22. The number of anilines is 2. The first-order chi connectivity index (χ1) is 16.5. The number of esters is 1. The van der Waals surface area contributed by atoms with E-state index in [-0.39, 0.29) is 18.1 Å². The van der Waals surface area contributed by atoms with Crippen LogP contribution < -0.4 is 15.4 Å². The summed E-state index contributed by atoms with van der Waals surface area (Å²) in [4.78, 5) is 36.3. The molecule has 8 nitrogen and oxygen atoms in total. The van der Waals surface area contributed by atoms with E-state index in [4.69, 9.17) is 4.74 Å². The Kier molecular flexibility index (Phi) is 8.14. The minimum Gasteiger partial charge on any atom is -0.483 e. The molecule has 2 amide bonds. The second kappa shape index (κ2) is 11.6. The highest BCUT2D eigenvalue weighted by atomic mass is 16.5. The molecule has 34 heavy (non-hydrogen) atoms. The van der Waals surface area contributed by atoms with Crippen molar-refractivity contribution in [1.82, 2.24) is 0 Å². The van der Waals surface area contributed by atoms with E-state index in [0.717, 1.165) is 0 Å². The fourth-order valence-electron chi connectivity index (χ4n) is 2.90. The molecule has 8 heteroatoms. The summed E-state index contributed by atoms with van der Waals surface area (Å²) in [5.41, 5.74) is 1.68. The van der Waals surface area contributed by atoms with E-state index in [9.17, 15) is 19.6 Å². The average Bonchev–Trinajstić information content (AvgIpc) is 2.87. The van der Waals surface area contributed by atoms with E-state index in [1.807, 2.05) is 12.1 Å². The fourth-order valence-corrected chi connectivity index (χ4v) is 2.90. The van der Waals surface area contributed by atoms with Crippen LogP contribution in [0.15, 0.2) is 84.4 Å². The van der Waals surface area contributed by atoms with E-state index in [1.165, 1.54) is 37.5 Å². The van der Waals surface area contributed by atoms with Crippen molar-refractivity contribution in [1.29, 1.82) is 5.26 Å². The molecule has 0 heterocycles. The molecule has 170 valence electrons. The Balaban J connectivity index is 1.68. The monoisotopic (exact) mass is 455 g/mol. The molecule has 2 N–H and O–H groups in total. The van der Waals surface area contributed by atoms with Crippen molar-refractivity contribution < 1.29 is 23.9 Å². The molecule has 0 aliphatic carbocycles. The van der Waals surface area contributed by atoms with Gasteiger partial charge in [-0.05, 0) is 48.5 Å². The second-order valence-corrected chi connectivity index (χ2v) is 6.93. The summed E-state index contributed by atoms with van der Waals surface area (Å²) < 4.78 is 10.3. The van der Waals surface area contributed by atoms with E-state index < -0.39 is 11.9 Å². The van der Waals surface area contributed by atoms with E-state index >= 15 is 0 Å². The Hall–Kier alpha value is -4.90. The Bertz CT molecular complexity index is 1250. The lowest BCUT2D eigenvalue weighted by molar-refractivity contribution is -0.118. The Morgan fingerprint density at radius 1 is 0.882 bits per heavy atom. The highest BCUT2D eigenvalue weighted by Gasteiger charge is 2.13. The largest absolute Gasteiger partial charge is 0.483 e. The maximum Gasteiger partial charge on any atom is 0.337 e. The van der Waals surface area contributed by atoms with Crippen LogP contribution in [0.4, 0.5) is 11.4 Å². The summed E-state index contributed by atoms with van der Waals surface area (Å²) in [5, 5.41) is 14.8. The number of nitrogens with zero attached hydrogens (tertiary/aromatic N) is 1. The minimum absolute atomic E-state index is 0.165. The average molecular weight is 455 g/mol. The fraction of sp³-hybridized carbons (Fsp3) is 0.0769. The molecule has 0 saturated carbocycles. The zero-order valence-electron chi connectivity index (χ0n) is 18.3. The van der Waals surface area contributed by atoms with Gasteiger partial charge in [-0.25, -0.2) is 4.79 Å². The third kappa shape index (κ3) is 6.55. The summed E-state index contributed by atoms with van der Waals surface area (Å²) in [5.74, 6) is -1.14. The van der Waals surface area contributed by atoms with Crippen LogP contribution in [-0.4, -0.2) is 31.5 Å². The molecule has 3 aromatic rings. The molecule has 0 spiro atoms. The summed E-state index contributed by atoms with van der Waals surface area (Å²) in [6.07, 6.45) is 1.38.